The molecule has 4 heteroatoms. The molecule has 0 aliphatic carbocycles. The van der Waals surface area contributed by atoms with Crippen molar-refractivity contribution in [1.29, 1.82) is 0 Å². The molecule has 2 atom stereocenters. The first-order valence-electron chi connectivity index (χ1n) is 7.82. The van der Waals surface area contributed by atoms with Crippen LogP contribution in [0.4, 0.5) is 0 Å². The Morgan fingerprint density at radius 3 is 2.81 bits per heavy atom. The molecule has 2 unspecified atom stereocenters. The fraction of sp³-hybridized carbons (Fsp3) is 0.529. The molecule has 4 rings (SSSR count). The first-order valence-corrected chi connectivity index (χ1v) is 7.82. The quantitative estimate of drug-likeness (QED) is 0.794. The Balaban J connectivity index is 1.59. The van der Waals surface area contributed by atoms with Crippen molar-refractivity contribution in [1.82, 2.24) is 9.88 Å². The SMILES string of the molecule is CN1C2CCCC1CC(C(=O)c1ccc3ocnc3c1)C2. The summed E-state index contributed by atoms with van der Waals surface area (Å²) in [6.07, 6.45) is 7.22. The predicted molar refractivity (Wildman–Crippen MR) is 80.3 cm³/mol. The highest BCUT2D eigenvalue weighted by Gasteiger charge is 2.38. The Kier molecular flexibility index (Phi) is 3.07. The maximum absolute atomic E-state index is 12.8. The van der Waals surface area contributed by atoms with E-state index in [0.717, 1.165) is 29.5 Å². The van der Waals surface area contributed by atoms with Crippen LogP contribution in [-0.2, 0) is 0 Å². The van der Waals surface area contributed by atoms with Crippen LogP contribution in [0.5, 0.6) is 0 Å². The molecule has 0 spiro atoms. The van der Waals surface area contributed by atoms with Crippen molar-refractivity contribution >= 4 is 16.9 Å². The molecule has 2 saturated heterocycles. The lowest BCUT2D eigenvalue weighted by Crippen LogP contribution is -2.51. The molecule has 4 nitrogen and oxygen atoms in total. The fourth-order valence-electron chi connectivity index (χ4n) is 4.08. The molecule has 1 aromatic carbocycles. The molecule has 110 valence electrons. The molecular formula is C17H20N2O2. The van der Waals surface area contributed by atoms with Crippen LogP contribution in [0.1, 0.15) is 42.5 Å². The van der Waals surface area contributed by atoms with Crippen molar-refractivity contribution in [2.75, 3.05) is 7.05 Å². The molecule has 0 amide bonds. The standard InChI is InChI=1S/C17H20N2O2/c1-19-13-3-2-4-14(19)8-12(7-13)17(20)11-5-6-16-15(9-11)18-10-21-16/h5-6,9-10,12-14H,2-4,7-8H2,1H3. The summed E-state index contributed by atoms with van der Waals surface area (Å²) in [5.41, 5.74) is 2.30. The van der Waals surface area contributed by atoms with E-state index in [1.165, 1.54) is 25.7 Å². The van der Waals surface area contributed by atoms with Gasteiger partial charge in [-0.2, -0.15) is 0 Å². The maximum atomic E-state index is 12.8. The summed E-state index contributed by atoms with van der Waals surface area (Å²) in [6.45, 7) is 0. The van der Waals surface area contributed by atoms with Gasteiger partial charge in [0.2, 0.25) is 0 Å². The number of carbonyl (C=O) groups excluding carboxylic acids is 1. The molecule has 2 aliphatic rings. The number of carbonyl (C=O) groups is 1. The third-order valence-corrected chi connectivity index (χ3v) is 5.33. The minimum absolute atomic E-state index is 0.167. The molecule has 2 aromatic rings. The Bertz CT molecular complexity index is 664. The zero-order valence-corrected chi connectivity index (χ0v) is 12.3. The van der Waals surface area contributed by atoms with Crippen LogP contribution in [-0.4, -0.2) is 34.8 Å². The van der Waals surface area contributed by atoms with Crippen LogP contribution in [0.25, 0.3) is 11.1 Å². The van der Waals surface area contributed by atoms with Gasteiger partial charge in [0, 0.05) is 23.6 Å². The molecule has 3 heterocycles. The van der Waals surface area contributed by atoms with Gasteiger partial charge in [0.1, 0.15) is 5.52 Å². The van der Waals surface area contributed by atoms with E-state index in [0.29, 0.717) is 12.1 Å². The zero-order chi connectivity index (χ0) is 14.4. The number of oxazole rings is 1. The number of Topliss-reactive ketones (excluding diaryl/α,β-unsaturated/α-hetero) is 1. The molecule has 21 heavy (non-hydrogen) atoms. The molecule has 2 bridgehead atoms. The van der Waals surface area contributed by atoms with Gasteiger partial charge in [-0.1, -0.05) is 6.42 Å². The fourth-order valence-corrected chi connectivity index (χ4v) is 4.08. The van der Waals surface area contributed by atoms with E-state index in [1.54, 1.807) is 0 Å². The number of nitrogens with zero attached hydrogens (tertiary/aromatic N) is 2. The van der Waals surface area contributed by atoms with Crippen molar-refractivity contribution in [3.8, 4) is 0 Å². The van der Waals surface area contributed by atoms with E-state index in [2.05, 4.69) is 16.9 Å². The Morgan fingerprint density at radius 1 is 1.29 bits per heavy atom. The molecular weight excluding hydrogens is 264 g/mol. The average molecular weight is 284 g/mol. The van der Waals surface area contributed by atoms with E-state index in [4.69, 9.17) is 4.42 Å². The number of hydrogen-bond donors (Lipinski definition) is 0. The van der Waals surface area contributed by atoms with Crippen LogP contribution in [0.15, 0.2) is 29.0 Å². The Hall–Kier alpha value is -1.68. The molecule has 1 aromatic heterocycles. The molecule has 0 saturated carbocycles. The summed E-state index contributed by atoms with van der Waals surface area (Å²) in [5.74, 6) is 0.450. The first kappa shape index (κ1) is 13.0. The second-order valence-electron chi connectivity index (χ2n) is 6.47. The van der Waals surface area contributed by atoms with Gasteiger partial charge in [-0.3, -0.25) is 4.79 Å². The van der Waals surface area contributed by atoms with Crippen molar-refractivity contribution in [2.24, 2.45) is 5.92 Å². The predicted octanol–water partition coefficient (Wildman–Crippen LogP) is 3.27. The van der Waals surface area contributed by atoms with Gasteiger partial charge in [0.15, 0.2) is 17.8 Å². The minimum Gasteiger partial charge on any atom is -0.443 e. The number of hydrogen-bond acceptors (Lipinski definition) is 4. The highest BCUT2D eigenvalue weighted by molar-refractivity contribution is 6.00. The van der Waals surface area contributed by atoms with Crippen LogP contribution in [0.3, 0.4) is 0 Å². The van der Waals surface area contributed by atoms with Crippen molar-refractivity contribution in [3.63, 3.8) is 0 Å². The number of fused-ring (bicyclic) bond motifs is 3. The highest BCUT2D eigenvalue weighted by Crippen LogP contribution is 2.37. The first-order chi connectivity index (χ1) is 10.2. The molecule has 2 fully saturated rings. The normalized spacial score (nSPS) is 29.7. The second-order valence-corrected chi connectivity index (χ2v) is 6.47. The van der Waals surface area contributed by atoms with Gasteiger partial charge in [0.25, 0.3) is 0 Å². The van der Waals surface area contributed by atoms with Crippen molar-refractivity contribution < 1.29 is 9.21 Å². The molecule has 0 radical (unpaired) electrons. The van der Waals surface area contributed by atoms with Crippen LogP contribution in [0, 0.1) is 5.92 Å². The lowest BCUT2D eigenvalue weighted by molar-refractivity contribution is 0.0338. The van der Waals surface area contributed by atoms with Crippen LogP contribution in [0.2, 0.25) is 0 Å². The maximum Gasteiger partial charge on any atom is 0.181 e. The van der Waals surface area contributed by atoms with E-state index in [1.807, 2.05) is 18.2 Å². The number of rotatable bonds is 2. The van der Waals surface area contributed by atoms with Gasteiger partial charge in [-0.25, -0.2) is 4.98 Å². The van der Waals surface area contributed by atoms with Gasteiger partial charge in [-0.15, -0.1) is 0 Å². The zero-order valence-electron chi connectivity index (χ0n) is 12.3. The second kappa shape index (κ2) is 4.95. The summed E-state index contributed by atoms with van der Waals surface area (Å²) in [6, 6.07) is 6.77. The van der Waals surface area contributed by atoms with Crippen molar-refractivity contribution in [2.45, 2.75) is 44.2 Å². The summed E-state index contributed by atoms with van der Waals surface area (Å²) < 4.78 is 5.24. The third-order valence-electron chi connectivity index (χ3n) is 5.33. The largest absolute Gasteiger partial charge is 0.443 e. The van der Waals surface area contributed by atoms with Crippen LogP contribution < -0.4 is 0 Å². The van der Waals surface area contributed by atoms with Crippen LogP contribution >= 0.6 is 0 Å². The highest BCUT2D eigenvalue weighted by atomic mass is 16.3. The minimum atomic E-state index is 0.167. The smallest absolute Gasteiger partial charge is 0.181 e. The lowest BCUT2D eigenvalue weighted by Gasteiger charge is -2.46. The Morgan fingerprint density at radius 2 is 2.05 bits per heavy atom. The van der Waals surface area contributed by atoms with Gasteiger partial charge in [-0.05, 0) is 50.9 Å². The van der Waals surface area contributed by atoms with Gasteiger partial charge >= 0.3 is 0 Å². The third kappa shape index (κ3) is 2.18. The topological polar surface area (TPSA) is 46.3 Å². The number of benzene rings is 1. The number of piperidine rings is 2. The van der Waals surface area contributed by atoms with E-state index in [-0.39, 0.29) is 11.7 Å². The number of ketones is 1. The van der Waals surface area contributed by atoms with E-state index >= 15 is 0 Å². The van der Waals surface area contributed by atoms with Crippen molar-refractivity contribution in [3.05, 3.63) is 30.2 Å². The van der Waals surface area contributed by atoms with Gasteiger partial charge < -0.3 is 9.32 Å². The molecule has 0 N–H and O–H groups in total. The summed E-state index contributed by atoms with van der Waals surface area (Å²) in [7, 11) is 2.22. The number of aromatic nitrogens is 1. The molecule has 2 aliphatic heterocycles. The van der Waals surface area contributed by atoms with Gasteiger partial charge in [0.05, 0.1) is 0 Å². The summed E-state index contributed by atoms with van der Waals surface area (Å²) >= 11 is 0. The summed E-state index contributed by atoms with van der Waals surface area (Å²) in [5, 5.41) is 0. The Labute approximate surface area is 124 Å². The summed E-state index contributed by atoms with van der Waals surface area (Å²) in [4.78, 5) is 19.5. The van der Waals surface area contributed by atoms with E-state index in [9.17, 15) is 4.79 Å². The van der Waals surface area contributed by atoms with E-state index < -0.39 is 0 Å². The monoisotopic (exact) mass is 284 g/mol. The lowest BCUT2D eigenvalue weighted by atomic mass is 9.76. The average Bonchev–Trinajstić information content (AvgIpc) is 2.93.